The molecule has 8 rings (SSSR count). The zero-order valence-corrected chi connectivity index (χ0v) is 38.8. The Morgan fingerprint density at radius 1 is 1.03 bits per heavy atom. The third kappa shape index (κ3) is 10.0. The number of thiazole rings is 1. The SMILES string of the molecule is COc1ccc2c(O[C@@H]3C[C@H]4C(=O)N[C@]5(P(=O)(O)Cc6c(F)cccc6F)C[C@H]5C=CCCCCC[C@H](NC(=O)OC5CCCC5)C(=O)N4C3)cc(-c3csc(NC(C)C)n3)nc2c1C. The van der Waals surface area contributed by atoms with Crippen molar-refractivity contribution in [1.29, 1.82) is 0 Å². The lowest BCUT2D eigenvalue weighted by atomic mass is 10.0. The van der Waals surface area contributed by atoms with Crippen molar-refractivity contribution in [2.24, 2.45) is 5.92 Å². The molecule has 2 saturated carbocycles. The highest BCUT2D eigenvalue weighted by Gasteiger charge is 2.66. The topological polar surface area (TPSA) is 181 Å². The number of rotatable bonds is 11. The fourth-order valence-electron chi connectivity index (χ4n) is 9.40. The molecule has 65 heavy (non-hydrogen) atoms. The van der Waals surface area contributed by atoms with Gasteiger partial charge in [-0.25, -0.2) is 23.5 Å². The fourth-order valence-corrected chi connectivity index (χ4v) is 12.6. The summed E-state index contributed by atoms with van der Waals surface area (Å²) >= 11 is 1.44. The van der Waals surface area contributed by atoms with E-state index in [2.05, 4.69) is 16.0 Å². The van der Waals surface area contributed by atoms with Crippen LogP contribution >= 0.6 is 18.7 Å². The molecule has 1 saturated heterocycles. The summed E-state index contributed by atoms with van der Waals surface area (Å²) in [5.74, 6) is -2.74. The lowest BCUT2D eigenvalue weighted by Crippen LogP contribution is -2.55. The van der Waals surface area contributed by atoms with Gasteiger partial charge in [0.25, 0.3) is 0 Å². The highest BCUT2D eigenvalue weighted by Crippen LogP contribution is 2.71. The van der Waals surface area contributed by atoms with E-state index in [0.29, 0.717) is 46.6 Å². The Bertz CT molecular complexity index is 2500. The molecule has 1 unspecified atom stereocenters. The Hall–Kier alpha value is -5.12. The number of fused-ring (bicyclic) bond motifs is 3. The maximum Gasteiger partial charge on any atom is 0.408 e. The lowest BCUT2D eigenvalue weighted by molar-refractivity contribution is -0.140. The molecule has 0 radical (unpaired) electrons. The Morgan fingerprint density at radius 2 is 1.78 bits per heavy atom. The Kier molecular flexibility index (Phi) is 13.8. The monoisotopic (exact) mass is 934 g/mol. The minimum atomic E-state index is -4.60. The van der Waals surface area contributed by atoms with Crippen LogP contribution in [0.15, 0.2) is 53.9 Å². The van der Waals surface area contributed by atoms with E-state index in [1.54, 1.807) is 19.3 Å². The van der Waals surface area contributed by atoms with Crippen LogP contribution in [0.25, 0.3) is 22.3 Å². The molecule has 4 aromatic rings. The molecule has 2 aliphatic carbocycles. The quantitative estimate of drug-likeness (QED) is 0.0833. The van der Waals surface area contributed by atoms with E-state index in [9.17, 15) is 32.6 Å². The molecule has 348 valence electrons. The van der Waals surface area contributed by atoms with Gasteiger partial charge in [-0.3, -0.25) is 14.2 Å². The number of nitrogens with zero attached hydrogens (tertiary/aromatic N) is 3. The number of nitrogens with one attached hydrogen (secondary N) is 3. The second-order valence-corrected chi connectivity index (χ2v) is 21.3. The van der Waals surface area contributed by atoms with Crippen molar-refractivity contribution in [1.82, 2.24) is 25.5 Å². The van der Waals surface area contributed by atoms with Gasteiger partial charge < -0.3 is 40.0 Å². The first-order valence-corrected chi connectivity index (χ1v) is 25.3. The number of alkyl carbamates (subject to hydrolysis) is 1. The van der Waals surface area contributed by atoms with E-state index >= 15 is 0 Å². The van der Waals surface area contributed by atoms with Crippen LogP contribution in [0.5, 0.6) is 11.5 Å². The first-order valence-electron chi connectivity index (χ1n) is 22.5. The number of pyridine rings is 1. The predicted molar refractivity (Wildman–Crippen MR) is 244 cm³/mol. The van der Waals surface area contributed by atoms with Gasteiger partial charge in [0.05, 0.1) is 31.0 Å². The van der Waals surface area contributed by atoms with Crippen molar-refractivity contribution >= 4 is 52.6 Å². The third-order valence-electron chi connectivity index (χ3n) is 13.0. The van der Waals surface area contributed by atoms with Gasteiger partial charge in [0, 0.05) is 46.3 Å². The number of methoxy groups -OCH3 is 1. The molecule has 3 amide bonds. The summed E-state index contributed by atoms with van der Waals surface area (Å²) in [6.07, 6.45) is 7.44. The van der Waals surface area contributed by atoms with Gasteiger partial charge >= 0.3 is 6.09 Å². The van der Waals surface area contributed by atoms with Crippen LogP contribution in [-0.2, 0) is 25.1 Å². The molecule has 4 N–H and O–H groups in total. The smallest absolute Gasteiger partial charge is 0.408 e. The van der Waals surface area contributed by atoms with Gasteiger partial charge in [0.15, 0.2) is 5.13 Å². The molecule has 14 nitrogen and oxygen atoms in total. The Morgan fingerprint density at radius 3 is 2.52 bits per heavy atom. The molecular formula is C47H57F2N6O8PS. The Balaban J connectivity index is 1.15. The first kappa shape index (κ1) is 46.4. The van der Waals surface area contributed by atoms with Crippen LogP contribution in [0.3, 0.4) is 0 Å². The van der Waals surface area contributed by atoms with Crippen LogP contribution in [0.4, 0.5) is 18.7 Å². The first-order chi connectivity index (χ1) is 31.2. The highest BCUT2D eigenvalue weighted by atomic mass is 32.1. The molecular weight excluding hydrogens is 878 g/mol. The van der Waals surface area contributed by atoms with Gasteiger partial charge in [-0.1, -0.05) is 31.1 Å². The molecule has 18 heteroatoms. The van der Waals surface area contributed by atoms with Crippen LogP contribution in [0.1, 0.15) is 95.6 Å². The number of hydrogen-bond acceptors (Lipinski definition) is 11. The number of benzene rings is 2. The zero-order chi connectivity index (χ0) is 46.0. The van der Waals surface area contributed by atoms with E-state index in [1.165, 1.54) is 22.3 Å². The standard InChI is InChI=1S/C47H57F2N6O8PS/c1-27(2)50-45-52-38(26-65-45)37-22-41(32-19-20-40(61-4)28(3)42(32)51-37)62-31-21-39-43(56)54-47(64(59,60)25-33-34(48)16-12-17-35(33)49)23-29(47)13-8-6-5-7-9-18-36(44(57)55(39)24-31)53-46(58)63-30-14-10-11-15-30/h8,12-13,16-17,19-20,22,26-27,29-31,36,39H,5-7,9-11,14-15,18,21,23-25H2,1-4H3,(H,50,52)(H,53,58)(H,54,56)(H,59,60)/t29-,31-,36+,39+,47+/m1/s1. The number of halogens is 2. The molecule has 0 spiro atoms. The number of aromatic nitrogens is 2. The van der Waals surface area contributed by atoms with Crippen LogP contribution in [0.2, 0.25) is 0 Å². The number of ether oxygens (including phenoxy) is 3. The maximum absolute atomic E-state index is 15.0. The number of carbonyl (C=O) groups is 3. The summed E-state index contributed by atoms with van der Waals surface area (Å²) in [5.41, 5.74) is 1.97. The van der Waals surface area contributed by atoms with Crippen molar-refractivity contribution in [3.8, 4) is 22.9 Å². The van der Waals surface area contributed by atoms with E-state index in [-0.39, 0.29) is 38.0 Å². The summed E-state index contributed by atoms with van der Waals surface area (Å²) in [7, 11) is -3.02. The molecule has 4 aliphatic rings. The van der Waals surface area contributed by atoms with Crippen LogP contribution in [-0.4, -0.2) is 86.9 Å². The van der Waals surface area contributed by atoms with Crippen LogP contribution < -0.4 is 25.4 Å². The second-order valence-electron chi connectivity index (χ2n) is 18.0. The average Bonchev–Trinajstić information content (AvgIpc) is 3.68. The third-order valence-corrected chi connectivity index (χ3v) is 16.4. The average molecular weight is 935 g/mol. The normalized spacial score (nSPS) is 25.0. The number of allylic oxidation sites excluding steroid dienone is 1. The van der Waals surface area contributed by atoms with E-state index < -0.39 is 78.0 Å². The van der Waals surface area contributed by atoms with Gasteiger partial charge in [-0.05, 0) is 96.4 Å². The number of amides is 3. The Labute approximate surface area is 381 Å². The minimum Gasteiger partial charge on any atom is -0.496 e. The van der Waals surface area contributed by atoms with Gasteiger partial charge in [0.1, 0.15) is 58.4 Å². The predicted octanol–water partition coefficient (Wildman–Crippen LogP) is 8.98. The minimum absolute atomic E-state index is 0.0293. The maximum atomic E-state index is 15.0. The summed E-state index contributed by atoms with van der Waals surface area (Å²) in [6.45, 7) is 5.86. The van der Waals surface area contributed by atoms with Gasteiger partial charge in [-0.2, -0.15) is 0 Å². The van der Waals surface area contributed by atoms with E-state index in [1.807, 2.05) is 44.4 Å². The van der Waals surface area contributed by atoms with E-state index in [0.717, 1.165) is 61.4 Å². The van der Waals surface area contributed by atoms with Crippen molar-refractivity contribution < 1.29 is 46.8 Å². The molecule has 0 bridgehead atoms. The van der Waals surface area contributed by atoms with Crippen molar-refractivity contribution in [2.45, 2.75) is 133 Å². The highest BCUT2D eigenvalue weighted by molar-refractivity contribution is 7.59. The van der Waals surface area contributed by atoms with Gasteiger partial charge in [-0.15, -0.1) is 11.3 Å². The fraction of sp³-hybridized carbons (Fsp3) is 0.511. The molecule has 3 fully saturated rings. The molecule has 4 heterocycles. The van der Waals surface area contributed by atoms with Crippen LogP contribution in [0, 0.1) is 24.5 Å². The summed E-state index contributed by atoms with van der Waals surface area (Å²) in [4.78, 5) is 66.0. The molecule has 2 aliphatic heterocycles. The molecule has 2 aromatic heterocycles. The molecule has 6 atom stereocenters. The lowest BCUT2D eigenvalue weighted by Gasteiger charge is -2.31. The summed E-state index contributed by atoms with van der Waals surface area (Å²) < 4.78 is 62.6. The number of aryl methyl sites for hydroxylation is 1. The summed E-state index contributed by atoms with van der Waals surface area (Å²) in [6, 6.07) is 6.55. The van der Waals surface area contributed by atoms with Crippen molar-refractivity contribution in [3.05, 3.63) is 76.7 Å². The zero-order valence-electron chi connectivity index (χ0n) is 37.1. The van der Waals surface area contributed by atoms with Crippen molar-refractivity contribution in [2.75, 3.05) is 19.0 Å². The summed E-state index contributed by atoms with van der Waals surface area (Å²) in [5, 5.41) is 10.5. The van der Waals surface area contributed by atoms with E-state index in [4.69, 9.17) is 24.2 Å². The number of hydrogen-bond donors (Lipinski definition) is 4. The van der Waals surface area contributed by atoms with Crippen molar-refractivity contribution in [3.63, 3.8) is 0 Å². The second kappa shape index (κ2) is 19.4. The van der Waals surface area contributed by atoms with Gasteiger partial charge in [0.2, 0.25) is 19.2 Å². The number of carbonyl (C=O) groups excluding carboxylic acids is 3. The number of anilines is 1. The largest absolute Gasteiger partial charge is 0.496 e. The molecule has 2 aromatic carbocycles.